The second-order valence-corrected chi connectivity index (χ2v) is 6.86. The van der Waals surface area contributed by atoms with Crippen LogP contribution in [-0.4, -0.2) is 42.2 Å². The molecular weight excluding hydrogens is 411 g/mol. The van der Waals surface area contributed by atoms with Gasteiger partial charge in [0.25, 0.3) is 0 Å². The summed E-state index contributed by atoms with van der Waals surface area (Å²) in [6.45, 7) is -0.107. The number of imidazole rings is 1. The lowest BCUT2D eigenvalue weighted by molar-refractivity contribution is -0.146. The largest absolute Gasteiger partial charge is 0.449 e. The molecule has 4 rings (SSSR count). The number of nitrogens with zero attached hydrogens (tertiary/aromatic N) is 6. The number of halogens is 3. The number of para-hydroxylation sites is 2. The van der Waals surface area contributed by atoms with Crippen molar-refractivity contribution in [1.82, 2.24) is 35.1 Å². The Hall–Kier alpha value is -3.76. The zero-order valence-electron chi connectivity index (χ0n) is 16.2. The van der Waals surface area contributed by atoms with E-state index < -0.39 is 23.9 Å². The SMILES string of the molecule is O=C(NCCn1c(C(F)(F)F)nc2ccccc21)C(Cc1ccccc1)n1cnnn1. The van der Waals surface area contributed by atoms with E-state index in [1.165, 1.54) is 17.1 Å². The maximum absolute atomic E-state index is 13.4. The van der Waals surface area contributed by atoms with Crippen molar-refractivity contribution in [2.75, 3.05) is 6.54 Å². The molecule has 8 nitrogen and oxygen atoms in total. The maximum Gasteiger partial charge on any atom is 0.449 e. The van der Waals surface area contributed by atoms with Gasteiger partial charge in [-0.25, -0.2) is 9.67 Å². The molecule has 160 valence electrons. The van der Waals surface area contributed by atoms with Gasteiger partial charge in [0, 0.05) is 19.5 Å². The van der Waals surface area contributed by atoms with Gasteiger partial charge in [-0.1, -0.05) is 42.5 Å². The van der Waals surface area contributed by atoms with Crippen LogP contribution in [0.5, 0.6) is 0 Å². The molecule has 2 aromatic heterocycles. The minimum Gasteiger partial charge on any atom is -0.352 e. The standard InChI is InChI=1S/C20H18F3N7O/c21-20(22,23)19-26-15-8-4-5-9-16(15)29(19)11-10-24-18(31)17(30-13-25-27-28-30)12-14-6-2-1-3-7-14/h1-9,13,17H,10-12H2,(H,24,31). The monoisotopic (exact) mass is 429 g/mol. The van der Waals surface area contributed by atoms with Crippen LogP contribution in [0.15, 0.2) is 60.9 Å². The lowest BCUT2D eigenvalue weighted by Crippen LogP contribution is -2.36. The average Bonchev–Trinajstić information content (AvgIpc) is 3.41. The van der Waals surface area contributed by atoms with E-state index in [-0.39, 0.29) is 18.6 Å². The molecule has 0 bridgehead atoms. The molecule has 31 heavy (non-hydrogen) atoms. The number of nitrogens with one attached hydrogen (secondary N) is 1. The predicted molar refractivity (Wildman–Crippen MR) is 105 cm³/mol. The van der Waals surface area contributed by atoms with Crippen LogP contribution in [0.3, 0.4) is 0 Å². The Morgan fingerprint density at radius 3 is 2.52 bits per heavy atom. The molecule has 0 aliphatic carbocycles. The van der Waals surface area contributed by atoms with Crippen molar-refractivity contribution < 1.29 is 18.0 Å². The Bertz CT molecular complexity index is 1160. The Morgan fingerprint density at radius 2 is 1.81 bits per heavy atom. The molecular formula is C20H18F3N7O. The smallest absolute Gasteiger partial charge is 0.352 e. The van der Waals surface area contributed by atoms with E-state index >= 15 is 0 Å². The zero-order chi connectivity index (χ0) is 21.8. The van der Waals surface area contributed by atoms with E-state index in [1.807, 2.05) is 30.3 Å². The second-order valence-electron chi connectivity index (χ2n) is 6.86. The molecule has 1 unspecified atom stereocenters. The van der Waals surface area contributed by atoms with Crippen LogP contribution in [0.4, 0.5) is 13.2 Å². The van der Waals surface area contributed by atoms with E-state index in [2.05, 4.69) is 25.8 Å². The van der Waals surface area contributed by atoms with Crippen molar-refractivity contribution >= 4 is 16.9 Å². The minimum atomic E-state index is -4.61. The Labute approximate surface area is 174 Å². The van der Waals surface area contributed by atoms with Gasteiger partial charge in [0.1, 0.15) is 12.4 Å². The molecule has 0 aliphatic heterocycles. The highest BCUT2D eigenvalue weighted by molar-refractivity contribution is 5.80. The fourth-order valence-corrected chi connectivity index (χ4v) is 3.38. The number of benzene rings is 2. The lowest BCUT2D eigenvalue weighted by atomic mass is 10.1. The first-order valence-electron chi connectivity index (χ1n) is 9.50. The van der Waals surface area contributed by atoms with E-state index in [9.17, 15) is 18.0 Å². The second kappa shape index (κ2) is 8.54. The summed E-state index contributed by atoms with van der Waals surface area (Å²) in [6.07, 6.45) is -2.94. The van der Waals surface area contributed by atoms with Gasteiger partial charge in [-0.3, -0.25) is 4.79 Å². The van der Waals surface area contributed by atoms with Gasteiger partial charge in [-0.15, -0.1) is 5.10 Å². The fourth-order valence-electron chi connectivity index (χ4n) is 3.38. The molecule has 4 aromatic rings. The third-order valence-corrected chi connectivity index (χ3v) is 4.80. The van der Waals surface area contributed by atoms with Crippen molar-refractivity contribution in [3.8, 4) is 0 Å². The van der Waals surface area contributed by atoms with Crippen LogP contribution < -0.4 is 5.32 Å². The molecule has 2 heterocycles. The summed E-state index contributed by atoms with van der Waals surface area (Å²) in [5, 5.41) is 13.7. The van der Waals surface area contributed by atoms with E-state index in [0.29, 0.717) is 11.9 Å². The molecule has 0 radical (unpaired) electrons. The van der Waals surface area contributed by atoms with Crippen LogP contribution in [-0.2, 0) is 23.9 Å². The van der Waals surface area contributed by atoms with E-state index in [0.717, 1.165) is 10.1 Å². The quantitative estimate of drug-likeness (QED) is 0.488. The van der Waals surface area contributed by atoms with Gasteiger partial charge >= 0.3 is 6.18 Å². The average molecular weight is 429 g/mol. The molecule has 1 amide bonds. The normalized spacial score (nSPS) is 12.7. The van der Waals surface area contributed by atoms with Crippen LogP contribution >= 0.6 is 0 Å². The highest BCUT2D eigenvalue weighted by atomic mass is 19.4. The highest BCUT2D eigenvalue weighted by Gasteiger charge is 2.37. The van der Waals surface area contributed by atoms with Crippen LogP contribution in [0.2, 0.25) is 0 Å². The van der Waals surface area contributed by atoms with Crippen molar-refractivity contribution in [1.29, 1.82) is 0 Å². The number of hydrogen-bond donors (Lipinski definition) is 1. The number of fused-ring (bicyclic) bond motifs is 1. The summed E-state index contributed by atoms with van der Waals surface area (Å²) in [7, 11) is 0. The summed E-state index contributed by atoms with van der Waals surface area (Å²) >= 11 is 0. The fraction of sp³-hybridized carbons (Fsp3) is 0.250. The third kappa shape index (κ3) is 4.55. The Kier molecular flexibility index (Phi) is 5.65. The Morgan fingerprint density at radius 1 is 1.06 bits per heavy atom. The molecule has 0 spiro atoms. The number of hydrogen-bond acceptors (Lipinski definition) is 5. The lowest BCUT2D eigenvalue weighted by Gasteiger charge is -2.17. The molecule has 0 saturated heterocycles. The summed E-state index contributed by atoms with van der Waals surface area (Å²) < 4.78 is 42.7. The van der Waals surface area contributed by atoms with Crippen molar-refractivity contribution in [2.24, 2.45) is 0 Å². The number of carbonyl (C=O) groups excluding carboxylic acids is 1. The van der Waals surface area contributed by atoms with Crippen LogP contribution in [0.25, 0.3) is 11.0 Å². The van der Waals surface area contributed by atoms with Gasteiger partial charge in [-0.2, -0.15) is 13.2 Å². The number of aromatic nitrogens is 6. The van der Waals surface area contributed by atoms with Crippen LogP contribution in [0, 0.1) is 0 Å². The molecule has 1 atom stereocenters. The molecule has 0 saturated carbocycles. The highest BCUT2D eigenvalue weighted by Crippen LogP contribution is 2.31. The Balaban J connectivity index is 1.50. The molecule has 0 fully saturated rings. The summed E-state index contributed by atoms with van der Waals surface area (Å²) in [6, 6.07) is 14.9. The summed E-state index contributed by atoms with van der Waals surface area (Å²) in [5.41, 5.74) is 1.50. The number of carbonyl (C=O) groups is 1. The first-order chi connectivity index (χ1) is 14.9. The van der Waals surface area contributed by atoms with Gasteiger partial charge in [-0.05, 0) is 28.1 Å². The van der Waals surface area contributed by atoms with Gasteiger partial charge in [0.15, 0.2) is 0 Å². The minimum absolute atomic E-state index is 0.0182. The van der Waals surface area contributed by atoms with E-state index in [4.69, 9.17) is 0 Å². The molecule has 1 N–H and O–H groups in total. The van der Waals surface area contributed by atoms with Gasteiger partial charge < -0.3 is 9.88 Å². The molecule has 2 aromatic carbocycles. The predicted octanol–water partition coefficient (Wildman–Crippen LogP) is 2.64. The number of tetrazole rings is 1. The molecule has 11 heteroatoms. The number of rotatable bonds is 7. The number of alkyl halides is 3. The van der Waals surface area contributed by atoms with Crippen molar-refractivity contribution in [2.45, 2.75) is 25.2 Å². The molecule has 0 aliphatic rings. The van der Waals surface area contributed by atoms with Gasteiger partial charge in [0.2, 0.25) is 11.7 Å². The van der Waals surface area contributed by atoms with Crippen molar-refractivity contribution in [3.05, 3.63) is 72.3 Å². The first kappa shape index (κ1) is 20.5. The van der Waals surface area contributed by atoms with Crippen LogP contribution in [0.1, 0.15) is 17.4 Å². The topological polar surface area (TPSA) is 90.5 Å². The maximum atomic E-state index is 13.4. The van der Waals surface area contributed by atoms with Crippen molar-refractivity contribution in [3.63, 3.8) is 0 Å². The van der Waals surface area contributed by atoms with Gasteiger partial charge in [0.05, 0.1) is 11.0 Å². The number of amides is 1. The van der Waals surface area contributed by atoms with E-state index in [1.54, 1.807) is 18.2 Å². The summed E-state index contributed by atoms with van der Waals surface area (Å²) in [5.74, 6) is -1.39. The zero-order valence-corrected chi connectivity index (χ0v) is 16.2. The first-order valence-corrected chi connectivity index (χ1v) is 9.50. The third-order valence-electron chi connectivity index (χ3n) is 4.80. The summed E-state index contributed by atoms with van der Waals surface area (Å²) in [4.78, 5) is 16.6.